The fraction of sp³-hybridized carbons (Fsp3) is 0.133. The van der Waals surface area contributed by atoms with Gasteiger partial charge in [0.05, 0.1) is 10.7 Å². The average Bonchev–Trinajstić information content (AvgIpc) is 2.44. The molecule has 0 aliphatic heterocycles. The minimum Gasteiger partial charge on any atom is -0.319 e. The van der Waals surface area contributed by atoms with Gasteiger partial charge in [-0.25, -0.2) is 4.39 Å². The third-order valence-electron chi connectivity index (χ3n) is 2.82. The molecule has 0 radical (unpaired) electrons. The van der Waals surface area contributed by atoms with Crippen molar-refractivity contribution in [1.29, 1.82) is 0 Å². The fourth-order valence-corrected chi connectivity index (χ4v) is 1.86. The van der Waals surface area contributed by atoms with Gasteiger partial charge in [-0.05, 0) is 36.2 Å². The lowest BCUT2D eigenvalue weighted by atomic mass is 10.1. The molecule has 1 N–H and O–H groups in total. The van der Waals surface area contributed by atoms with Gasteiger partial charge in [0, 0.05) is 5.56 Å². The molecular formula is C15H13ClFNO. The van der Waals surface area contributed by atoms with Crippen LogP contribution in [0.3, 0.4) is 0 Å². The normalized spacial score (nSPS) is 10.3. The molecule has 2 aromatic carbocycles. The number of nitrogens with one attached hydrogen (secondary N) is 1. The second-order valence-corrected chi connectivity index (χ2v) is 4.51. The first kappa shape index (κ1) is 13.6. The molecule has 0 saturated heterocycles. The van der Waals surface area contributed by atoms with Gasteiger partial charge in [-0.3, -0.25) is 4.79 Å². The number of hydrogen-bond donors (Lipinski definition) is 1. The van der Waals surface area contributed by atoms with E-state index in [-0.39, 0.29) is 16.6 Å². The van der Waals surface area contributed by atoms with Crippen LogP contribution in [-0.2, 0) is 6.42 Å². The van der Waals surface area contributed by atoms with Crippen molar-refractivity contribution >= 4 is 23.2 Å². The number of hydrogen-bond acceptors (Lipinski definition) is 1. The van der Waals surface area contributed by atoms with Crippen molar-refractivity contribution in [1.82, 2.24) is 0 Å². The maximum absolute atomic E-state index is 13.6. The summed E-state index contributed by atoms with van der Waals surface area (Å²) in [7, 11) is 0. The van der Waals surface area contributed by atoms with Gasteiger partial charge in [-0.2, -0.15) is 0 Å². The molecule has 0 aromatic heterocycles. The summed E-state index contributed by atoms with van der Waals surface area (Å²) in [6.07, 6.45) is 0.908. The zero-order valence-corrected chi connectivity index (χ0v) is 11.2. The molecule has 0 spiro atoms. The van der Waals surface area contributed by atoms with Crippen LogP contribution >= 0.6 is 11.6 Å². The van der Waals surface area contributed by atoms with Gasteiger partial charge in [0.25, 0.3) is 5.91 Å². The Morgan fingerprint density at radius 1 is 1.21 bits per heavy atom. The van der Waals surface area contributed by atoms with E-state index in [2.05, 4.69) is 5.32 Å². The third kappa shape index (κ3) is 3.12. The van der Waals surface area contributed by atoms with Crippen molar-refractivity contribution in [3.05, 3.63) is 64.4 Å². The highest BCUT2D eigenvalue weighted by molar-refractivity contribution is 6.31. The van der Waals surface area contributed by atoms with Gasteiger partial charge in [-0.15, -0.1) is 0 Å². The number of rotatable bonds is 3. The Morgan fingerprint density at radius 3 is 2.53 bits per heavy atom. The summed E-state index contributed by atoms with van der Waals surface area (Å²) < 4.78 is 13.6. The van der Waals surface area contributed by atoms with Crippen LogP contribution in [0.2, 0.25) is 5.02 Å². The summed E-state index contributed by atoms with van der Waals surface area (Å²) in [5, 5.41) is 2.49. The van der Waals surface area contributed by atoms with Crippen LogP contribution in [0.4, 0.5) is 10.1 Å². The van der Waals surface area contributed by atoms with Gasteiger partial charge in [0.15, 0.2) is 5.82 Å². The molecule has 0 saturated carbocycles. The van der Waals surface area contributed by atoms with Crippen LogP contribution in [-0.4, -0.2) is 5.91 Å². The highest BCUT2D eigenvalue weighted by Gasteiger charge is 2.11. The second-order valence-electron chi connectivity index (χ2n) is 4.11. The zero-order valence-electron chi connectivity index (χ0n) is 10.4. The van der Waals surface area contributed by atoms with Crippen LogP contribution in [0.1, 0.15) is 22.8 Å². The first-order valence-corrected chi connectivity index (χ1v) is 6.34. The van der Waals surface area contributed by atoms with E-state index in [1.54, 1.807) is 18.2 Å². The van der Waals surface area contributed by atoms with Crippen molar-refractivity contribution < 1.29 is 9.18 Å². The number of carbonyl (C=O) groups excluding carboxylic acids is 1. The van der Waals surface area contributed by atoms with Crippen molar-refractivity contribution in [2.45, 2.75) is 13.3 Å². The molecule has 0 bridgehead atoms. The fourth-order valence-electron chi connectivity index (χ4n) is 1.69. The van der Waals surface area contributed by atoms with Crippen LogP contribution in [0.5, 0.6) is 0 Å². The Morgan fingerprint density at radius 2 is 1.89 bits per heavy atom. The standard InChI is InChI=1S/C15H13ClFNO/c1-2-10-6-8-11(9-7-10)15(19)18-13-5-3-4-12(16)14(13)17/h3-9H,2H2,1H3,(H,18,19). The molecule has 0 aliphatic carbocycles. The first-order chi connectivity index (χ1) is 9.11. The average molecular weight is 278 g/mol. The molecular weight excluding hydrogens is 265 g/mol. The van der Waals surface area contributed by atoms with Gasteiger partial charge in [-0.1, -0.05) is 36.7 Å². The molecule has 0 atom stereocenters. The van der Waals surface area contributed by atoms with Gasteiger partial charge in [0.1, 0.15) is 0 Å². The lowest BCUT2D eigenvalue weighted by Crippen LogP contribution is -2.13. The summed E-state index contributed by atoms with van der Waals surface area (Å²) in [5.41, 5.74) is 1.71. The van der Waals surface area contributed by atoms with E-state index in [9.17, 15) is 9.18 Å². The quantitative estimate of drug-likeness (QED) is 0.891. The minimum absolute atomic E-state index is 0.0147. The number of amides is 1. The Kier molecular flexibility index (Phi) is 4.17. The zero-order chi connectivity index (χ0) is 13.8. The van der Waals surface area contributed by atoms with Crippen LogP contribution in [0, 0.1) is 5.82 Å². The highest BCUT2D eigenvalue weighted by Crippen LogP contribution is 2.22. The van der Waals surface area contributed by atoms with E-state index in [1.807, 2.05) is 19.1 Å². The number of carbonyl (C=O) groups is 1. The van der Waals surface area contributed by atoms with Gasteiger partial charge in [0.2, 0.25) is 0 Å². The third-order valence-corrected chi connectivity index (χ3v) is 3.12. The number of halogens is 2. The Hall–Kier alpha value is -1.87. The van der Waals surface area contributed by atoms with E-state index in [0.29, 0.717) is 5.56 Å². The molecule has 4 heteroatoms. The summed E-state index contributed by atoms with van der Waals surface area (Å²) >= 11 is 5.66. The van der Waals surface area contributed by atoms with Crippen molar-refractivity contribution in [3.63, 3.8) is 0 Å². The molecule has 0 unspecified atom stereocenters. The van der Waals surface area contributed by atoms with Crippen molar-refractivity contribution in [3.8, 4) is 0 Å². The first-order valence-electron chi connectivity index (χ1n) is 5.96. The molecule has 1 amide bonds. The molecule has 0 fully saturated rings. The topological polar surface area (TPSA) is 29.1 Å². The molecule has 19 heavy (non-hydrogen) atoms. The predicted octanol–water partition coefficient (Wildman–Crippen LogP) is 4.29. The number of benzene rings is 2. The lowest BCUT2D eigenvalue weighted by molar-refractivity contribution is 0.102. The van der Waals surface area contributed by atoms with Crippen LogP contribution in [0.15, 0.2) is 42.5 Å². The number of aryl methyl sites for hydroxylation is 1. The molecule has 98 valence electrons. The second kappa shape index (κ2) is 5.85. The summed E-state index contributed by atoms with van der Waals surface area (Å²) in [4.78, 5) is 12.0. The van der Waals surface area contributed by atoms with Crippen LogP contribution in [0.25, 0.3) is 0 Å². The minimum atomic E-state index is -0.623. The molecule has 2 rings (SSSR count). The molecule has 2 nitrogen and oxygen atoms in total. The largest absolute Gasteiger partial charge is 0.319 e. The Balaban J connectivity index is 2.18. The summed E-state index contributed by atoms with van der Waals surface area (Å²) in [5.74, 6) is -0.980. The molecule has 0 heterocycles. The van der Waals surface area contributed by atoms with Crippen molar-refractivity contribution in [2.75, 3.05) is 5.32 Å². The lowest BCUT2D eigenvalue weighted by Gasteiger charge is -2.07. The van der Waals surface area contributed by atoms with Crippen molar-refractivity contribution in [2.24, 2.45) is 0 Å². The monoisotopic (exact) mass is 277 g/mol. The van der Waals surface area contributed by atoms with Gasteiger partial charge >= 0.3 is 0 Å². The maximum atomic E-state index is 13.6. The van der Waals surface area contributed by atoms with E-state index in [4.69, 9.17) is 11.6 Å². The maximum Gasteiger partial charge on any atom is 0.255 e. The number of anilines is 1. The van der Waals surface area contributed by atoms with E-state index < -0.39 is 5.82 Å². The van der Waals surface area contributed by atoms with E-state index >= 15 is 0 Å². The summed E-state index contributed by atoms with van der Waals surface area (Å²) in [6, 6.07) is 11.7. The Bertz CT molecular complexity index is 596. The Labute approximate surface area is 116 Å². The van der Waals surface area contributed by atoms with Crippen LogP contribution < -0.4 is 5.32 Å². The predicted molar refractivity (Wildman–Crippen MR) is 75.2 cm³/mol. The summed E-state index contributed by atoms with van der Waals surface area (Å²) in [6.45, 7) is 2.04. The van der Waals surface area contributed by atoms with E-state index in [1.165, 1.54) is 12.1 Å². The van der Waals surface area contributed by atoms with Gasteiger partial charge < -0.3 is 5.32 Å². The molecule has 2 aromatic rings. The SMILES string of the molecule is CCc1ccc(C(=O)Nc2cccc(Cl)c2F)cc1. The highest BCUT2D eigenvalue weighted by atomic mass is 35.5. The molecule has 0 aliphatic rings. The van der Waals surface area contributed by atoms with E-state index in [0.717, 1.165) is 12.0 Å². The smallest absolute Gasteiger partial charge is 0.255 e.